The standard InChI is InChI=1S/C17H19NO3S/c1-13-9-11-15(12-10-13)22(20,21)18-16(19)17(2,3)14-7-5-4-6-8-14/h4-12H,1-3H3,(H,18,19). The fraction of sp³-hybridized carbons (Fsp3) is 0.235. The van der Waals surface area contributed by atoms with Crippen LogP contribution < -0.4 is 4.72 Å². The number of aryl methyl sites for hydroxylation is 1. The van der Waals surface area contributed by atoms with Crippen LogP contribution in [-0.4, -0.2) is 14.3 Å². The van der Waals surface area contributed by atoms with Gasteiger partial charge in [-0.05, 0) is 38.5 Å². The third-order valence-electron chi connectivity index (χ3n) is 3.62. The van der Waals surface area contributed by atoms with Crippen molar-refractivity contribution in [1.82, 2.24) is 4.72 Å². The Morgan fingerprint density at radius 1 is 0.955 bits per heavy atom. The summed E-state index contributed by atoms with van der Waals surface area (Å²) < 4.78 is 26.8. The van der Waals surface area contributed by atoms with Gasteiger partial charge in [-0.3, -0.25) is 4.79 Å². The van der Waals surface area contributed by atoms with Gasteiger partial charge in [0.25, 0.3) is 10.0 Å². The Morgan fingerprint density at radius 2 is 1.50 bits per heavy atom. The summed E-state index contributed by atoms with van der Waals surface area (Å²) in [6.45, 7) is 5.26. The molecule has 0 fully saturated rings. The number of carbonyl (C=O) groups excluding carboxylic acids is 1. The Balaban J connectivity index is 2.26. The van der Waals surface area contributed by atoms with Gasteiger partial charge in [0, 0.05) is 0 Å². The lowest BCUT2D eigenvalue weighted by Gasteiger charge is -2.24. The second-order valence-corrected chi connectivity index (χ2v) is 7.42. The predicted octanol–water partition coefficient (Wildman–Crippen LogP) is 2.78. The van der Waals surface area contributed by atoms with Gasteiger partial charge >= 0.3 is 0 Å². The number of amides is 1. The highest BCUT2D eigenvalue weighted by Crippen LogP contribution is 2.24. The van der Waals surface area contributed by atoms with Gasteiger partial charge in [-0.2, -0.15) is 0 Å². The van der Waals surface area contributed by atoms with Crippen molar-refractivity contribution in [3.63, 3.8) is 0 Å². The molecule has 1 N–H and O–H groups in total. The molecular formula is C17H19NO3S. The number of hydrogen-bond acceptors (Lipinski definition) is 3. The van der Waals surface area contributed by atoms with Crippen LogP contribution in [0.5, 0.6) is 0 Å². The van der Waals surface area contributed by atoms with E-state index in [1.54, 1.807) is 38.1 Å². The van der Waals surface area contributed by atoms with E-state index in [-0.39, 0.29) is 4.90 Å². The van der Waals surface area contributed by atoms with E-state index >= 15 is 0 Å². The van der Waals surface area contributed by atoms with Gasteiger partial charge in [-0.1, -0.05) is 48.0 Å². The third-order valence-corrected chi connectivity index (χ3v) is 4.97. The van der Waals surface area contributed by atoms with Gasteiger partial charge < -0.3 is 0 Å². The molecule has 0 bridgehead atoms. The molecule has 116 valence electrons. The Bertz CT molecular complexity index is 763. The van der Waals surface area contributed by atoms with Crippen LogP contribution in [0.3, 0.4) is 0 Å². The molecule has 0 unspecified atom stereocenters. The minimum absolute atomic E-state index is 0.0790. The Morgan fingerprint density at radius 3 is 2.05 bits per heavy atom. The monoisotopic (exact) mass is 317 g/mol. The molecule has 5 heteroatoms. The molecule has 22 heavy (non-hydrogen) atoms. The second kappa shape index (κ2) is 5.93. The Labute approximate surface area is 131 Å². The SMILES string of the molecule is Cc1ccc(S(=O)(=O)NC(=O)C(C)(C)c2ccccc2)cc1. The van der Waals surface area contributed by atoms with Crippen molar-refractivity contribution in [2.24, 2.45) is 0 Å². The lowest BCUT2D eigenvalue weighted by Crippen LogP contribution is -2.43. The highest BCUT2D eigenvalue weighted by Gasteiger charge is 2.32. The van der Waals surface area contributed by atoms with Crippen LogP contribution in [-0.2, 0) is 20.2 Å². The van der Waals surface area contributed by atoms with Crippen molar-refractivity contribution in [3.05, 3.63) is 65.7 Å². The fourth-order valence-electron chi connectivity index (χ4n) is 2.01. The number of nitrogens with one attached hydrogen (secondary N) is 1. The Kier molecular flexibility index (Phi) is 4.37. The minimum Gasteiger partial charge on any atom is -0.273 e. The van der Waals surface area contributed by atoms with Crippen LogP contribution in [0.4, 0.5) is 0 Å². The summed E-state index contributed by atoms with van der Waals surface area (Å²) in [5.41, 5.74) is 0.764. The first-order valence-corrected chi connectivity index (χ1v) is 8.41. The molecule has 0 aliphatic carbocycles. The van der Waals surface area contributed by atoms with Gasteiger partial charge in [-0.15, -0.1) is 0 Å². The summed E-state index contributed by atoms with van der Waals surface area (Å²) in [6, 6.07) is 15.5. The van der Waals surface area contributed by atoms with Crippen LogP contribution in [0.15, 0.2) is 59.5 Å². The minimum atomic E-state index is -3.87. The van der Waals surface area contributed by atoms with E-state index in [4.69, 9.17) is 0 Å². The lowest BCUT2D eigenvalue weighted by molar-refractivity contribution is -0.123. The summed E-state index contributed by atoms with van der Waals surface area (Å²) in [4.78, 5) is 12.5. The van der Waals surface area contributed by atoms with Crippen molar-refractivity contribution in [2.45, 2.75) is 31.1 Å². The quantitative estimate of drug-likeness (QED) is 0.943. The first-order chi connectivity index (χ1) is 10.2. The van der Waals surface area contributed by atoms with Crippen molar-refractivity contribution < 1.29 is 13.2 Å². The highest BCUT2D eigenvalue weighted by atomic mass is 32.2. The fourth-order valence-corrected chi connectivity index (χ4v) is 3.12. The van der Waals surface area contributed by atoms with E-state index in [0.29, 0.717) is 0 Å². The summed E-state index contributed by atoms with van der Waals surface area (Å²) in [5, 5.41) is 0. The maximum atomic E-state index is 12.4. The molecule has 2 rings (SSSR count). The molecule has 0 radical (unpaired) electrons. The van der Waals surface area contributed by atoms with E-state index in [1.807, 2.05) is 25.1 Å². The number of carbonyl (C=O) groups is 1. The smallest absolute Gasteiger partial charge is 0.264 e. The molecule has 0 saturated carbocycles. The zero-order valence-electron chi connectivity index (χ0n) is 12.8. The van der Waals surface area contributed by atoms with Gasteiger partial charge in [-0.25, -0.2) is 13.1 Å². The second-order valence-electron chi connectivity index (χ2n) is 5.74. The maximum absolute atomic E-state index is 12.4. The summed E-state index contributed by atoms with van der Waals surface area (Å²) in [6.07, 6.45) is 0. The van der Waals surface area contributed by atoms with Gasteiger partial charge in [0.2, 0.25) is 5.91 Å². The van der Waals surface area contributed by atoms with Crippen LogP contribution in [0.2, 0.25) is 0 Å². The zero-order valence-corrected chi connectivity index (χ0v) is 13.6. The normalized spacial score (nSPS) is 12.0. The van der Waals surface area contributed by atoms with Gasteiger partial charge in [0.05, 0.1) is 10.3 Å². The molecule has 0 spiro atoms. The molecule has 2 aromatic carbocycles. The summed E-state index contributed by atoms with van der Waals surface area (Å²) in [5.74, 6) is -0.556. The molecule has 4 nitrogen and oxygen atoms in total. The average molecular weight is 317 g/mol. The van der Waals surface area contributed by atoms with Gasteiger partial charge in [0.15, 0.2) is 0 Å². The first-order valence-electron chi connectivity index (χ1n) is 6.93. The predicted molar refractivity (Wildman–Crippen MR) is 86.0 cm³/mol. The summed E-state index contributed by atoms with van der Waals surface area (Å²) >= 11 is 0. The molecule has 0 saturated heterocycles. The molecule has 0 aliphatic heterocycles. The lowest BCUT2D eigenvalue weighted by atomic mass is 9.84. The van der Waals surface area contributed by atoms with Crippen LogP contribution in [0, 0.1) is 6.92 Å². The highest BCUT2D eigenvalue weighted by molar-refractivity contribution is 7.90. The van der Waals surface area contributed by atoms with E-state index in [1.165, 1.54) is 12.1 Å². The molecule has 2 aromatic rings. The number of hydrogen-bond donors (Lipinski definition) is 1. The van der Waals surface area contributed by atoms with E-state index in [2.05, 4.69) is 4.72 Å². The van der Waals surface area contributed by atoms with Crippen molar-refractivity contribution in [3.8, 4) is 0 Å². The topological polar surface area (TPSA) is 63.2 Å². The molecule has 0 aromatic heterocycles. The van der Waals surface area contributed by atoms with Crippen molar-refractivity contribution >= 4 is 15.9 Å². The maximum Gasteiger partial charge on any atom is 0.264 e. The number of sulfonamides is 1. The number of benzene rings is 2. The average Bonchev–Trinajstić information content (AvgIpc) is 2.48. The molecule has 0 atom stereocenters. The van der Waals surface area contributed by atoms with E-state index in [0.717, 1.165) is 11.1 Å². The van der Waals surface area contributed by atoms with Crippen molar-refractivity contribution in [2.75, 3.05) is 0 Å². The molecular weight excluding hydrogens is 298 g/mol. The number of rotatable bonds is 4. The molecule has 0 heterocycles. The van der Waals surface area contributed by atoms with E-state index < -0.39 is 21.3 Å². The molecule has 0 aliphatic rings. The largest absolute Gasteiger partial charge is 0.273 e. The Hall–Kier alpha value is -2.14. The summed E-state index contributed by atoms with van der Waals surface area (Å²) in [7, 11) is -3.87. The van der Waals surface area contributed by atoms with Crippen LogP contribution >= 0.6 is 0 Å². The molecule has 1 amide bonds. The third kappa shape index (κ3) is 3.36. The van der Waals surface area contributed by atoms with Crippen molar-refractivity contribution in [1.29, 1.82) is 0 Å². The van der Waals surface area contributed by atoms with Crippen LogP contribution in [0.1, 0.15) is 25.0 Å². The van der Waals surface area contributed by atoms with E-state index in [9.17, 15) is 13.2 Å². The van der Waals surface area contributed by atoms with Crippen LogP contribution in [0.25, 0.3) is 0 Å². The van der Waals surface area contributed by atoms with Gasteiger partial charge in [0.1, 0.15) is 0 Å². The zero-order chi connectivity index (χ0) is 16.4. The first kappa shape index (κ1) is 16.2.